The monoisotopic (exact) mass is 503 g/mol. The predicted octanol–water partition coefficient (Wildman–Crippen LogP) is 5.18. The van der Waals surface area contributed by atoms with E-state index in [1.165, 1.54) is 16.9 Å². The molecule has 9 heteroatoms. The molecule has 1 aliphatic heterocycles. The second-order valence-electron chi connectivity index (χ2n) is 9.89. The highest BCUT2D eigenvalue weighted by molar-refractivity contribution is 7.21. The molecule has 3 aromatic heterocycles. The summed E-state index contributed by atoms with van der Waals surface area (Å²) >= 11 is 1.40. The number of ether oxygens (including phenoxy) is 1. The van der Waals surface area contributed by atoms with Gasteiger partial charge < -0.3 is 15.4 Å². The number of thiazole rings is 1. The van der Waals surface area contributed by atoms with E-state index in [0.717, 1.165) is 56.7 Å². The lowest BCUT2D eigenvalue weighted by molar-refractivity contribution is 0.307. The lowest BCUT2D eigenvalue weighted by Crippen LogP contribution is -2.29. The minimum atomic E-state index is 0.118. The van der Waals surface area contributed by atoms with Gasteiger partial charge in [-0.3, -0.25) is 4.90 Å². The van der Waals surface area contributed by atoms with Crippen molar-refractivity contribution < 1.29 is 4.74 Å². The number of pyridine rings is 1. The summed E-state index contributed by atoms with van der Waals surface area (Å²) in [7, 11) is 4.12. The fourth-order valence-electron chi connectivity index (χ4n) is 4.67. The number of aryl methyl sites for hydroxylation is 1. The molecular weight excluding hydrogens is 470 g/mol. The largest absolute Gasteiger partial charge is 0.491 e. The molecule has 1 unspecified atom stereocenters. The van der Waals surface area contributed by atoms with E-state index in [9.17, 15) is 0 Å². The van der Waals surface area contributed by atoms with Crippen molar-refractivity contribution in [2.75, 3.05) is 37.9 Å². The van der Waals surface area contributed by atoms with Crippen LogP contribution in [-0.4, -0.2) is 52.1 Å². The van der Waals surface area contributed by atoms with E-state index in [4.69, 9.17) is 20.4 Å². The number of nitrogen functional groups attached to an aromatic ring is 1. The predicted molar refractivity (Wildman–Crippen MR) is 147 cm³/mol. The zero-order chi connectivity index (χ0) is 25.6. The molecule has 8 nitrogen and oxygen atoms in total. The fraction of sp³-hybridized carbons (Fsp3) is 0.407. The van der Waals surface area contributed by atoms with Gasteiger partial charge in [0.2, 0.25) is 0 Å². The molecule has 1 aromatic carbocycles. The van der Waals surface area contributed by atoms with Crippen LogP contribution in [0.25, 0.3) is 21.5 Å². The number of hydrogen-bond acceptors (Lipinski definition) is 9. The molecule has 2 N–H and O–H groups in total. The Kier molecular flexibility index (Phi) is 6.53. The van der Waals surface area contributed by atoms with Crippen molar-refractivity contribution in [3.05, 3.63) is 53.1 Å². The molecule has 0 saturated carbocycles. The van der Waals surface area contributed by atoms with Gasteiger partial charge in [0, 0.05) is 35.1 Å². The van der Waals surface area contributed by atoms with Crippen LogP contribution in [0.2, 0.25) is 0 Å². The van der Waals surface area contributed by atoms with Crippen molar-refractivity contribution in [1.29, 1.82) is 0 Å². The van der Waals surface area contributed by atoms with Crippen LogP contribution in [0.4, 0.5) is 10.9 Å². The van der Waals surface area contributed by atoms with Gasteiger partial charge in [-0.15, -0.1) is 0 Å². The number of fused-ring (bicyclic) bond motifs is 2. The van der Waals surface area contributed by atoms with Crippen LogP contribution in [-0.2, 0) is 6.54 Å². The summed E-state index contributed by atoms with van der Waals surface area (Å²) < 4.78 is 6.18. The van der Waals surface area contributed by atoms with E-state index < -0.39 is 0 Å². The molecule has 0 spiro atoms. The Balaban J connectivity index is 1.54. The Labute approximate surface area is 216 Å². The Morgan fingerprint density at radius 2 is 1.89 bits per heavy atom. The molecular formula is C27H33N7OS. The van der Waals surface area contributed by atoms with Gasteiger partial charge >= 0.3 is 0 Å². The first-order chi connectivity index (χ1) is 17.2. The third-order valence-corrected chi connectivity index (χ3v) is 7.60. The molecule has 4 aromatic rings. The van der Waals surface area contributed by atoms with Gasteiger partial charge in [0.1, 0.15) is 34.3 Å². The third-order valence-electron chi connectivity index (χ3n) is 6.80. The lowest BCUT2D eigenvalue weighted by Gasteiger charge is -2.28. The SMILES string of the molecule is Cc1nc(C(C)N(C)C)nc(N2CCOc3ccc(-c4cnc5sc(N)nc5c4)cc3C2)c1C(C)C. The minimum Gasteiger partial charge on any atom is -0.491 e. The summed E-state index contributed by atoms with van der Waals surface area (Å²) in [6.07, 6.45) is 1.89. The minimum absolute atomic E-state index is 0.118. The van der Waals surface area contributed by atoms with Crippen LogP contribution in [0.5, 0.6) is 5.75 Å². The molecule has 0 radical (unpaired) electrons. The van der Waals surface area contributed by atoms with Crippen LogP contribution >= 0.6 is 11.3 Å². The summed E-state index contributed by atoms with van der Waals surface area (Å²) in [6, 6.07) is 8.50. The Morgan fingerprint density at radius 3 is 2.64 bits per heavy atom. The lowest BCUT2D eigenvalue weighted by atomic mass is 10.0. The van der Waals surface area contributed by atoms with Crippen molar-refractivity contribution in [1.82, 2.24) is 24.8 Å². The Morgan fingerprint density at radius 1 is 1.08 bits per heavy atom. The molecule has 4 heterocycles. The number of nitrogens with two attached hydrogens (primary N) is 1. The molecule has 0 amide bonds. The van der Waals surface area contributed by atoms with Gasteiger partial charge in [0.25, 0.3) is 0 Å². The van der Waals surface area contributed by atoms with Gasteiger partial charge in [0.05, 0.1) is 12.6 Å². The number of nitrogens with zero attached hydrogens (tertiary/aromatic N) is 6. The maximum Gasteiger partial charge on any atom is 0.182 e. The van der Waals surface area contributed by atoms with E-state index in [-0.39, 0.29) is 6.04 Å². The van der Waals surface area contributed by atoms with E-state index in [1.807, 2.05) is 12.3 Å². The van der Waals surface area contributed by atoms with Gasteiger partial charge in [-0.1, -0.05) is 31.3 Å². The number of anilines is 2. The number of rotatable bonds is 5. The third kappa shape index (κ3) is 4.60. The van der Waals surface area contributed by atoms with Gasteiger partial charge in [0.15, 0.2) is 5.13 Å². The standard InChI is InChI=1S/C27H33N7OS/c1-15(2)23-16(3)30-24(17(4)33(5)6)32-25(23)34-9-10-35-22-8-7-18(11-20(22)14-34)19-12-21-26(29-13-19)36-27(28)31-21/h7-8,11-13,15,17H,9-10,14H2,1-6H3,(H2,28,31). The van der Waals surface area contributed by atoms with Crippen molar-refractivity contribution in [2.24, 2.45) is 0 Å². The highest BCUT2D eigenvalue weighted by Crippen LogP contribution is 2.35. The number of aromatic nitrogens is 4. The maximum atomic E-state index is 6.18. The van der Waals surface area contributed by atoms with E-state index in [0.29, 0.717) is 24.2 Å². The van der Waals surface area contributed by atoms with Gasteiger partial charge in [-0.2, -0.15) is 0 Å². The zero-order valence-corrected chi connectivity index (χ0v) is 22.6. The first-order valence-electron chi connectivity index (χ1n) is 12.3. The van der Waals surface area contributed by atoms with Gasteiger partial charge in [-0.05, 0) is 57.6 Å². The van der Waals surface area contributed by atoms with Crippen molar-refractivity contribution >= 4 is 32.6 Å². The maximum absolute atomic E-state index is 6.18. The quantitative estimate of drug-likeness (QED) is 0.398. The van der Waals surface area contributed by atoms with E-state index in [1.54, 1.807) is 0 Å². The molecule has 36 heavy (non-hydrogen) atoms. The average molecular weight is 504 g/mol. The molecule has 1 atom stereocenters. The Hall–Kier alpha value is -3.30. The molecule has 1 aliphatic rings. The van der Waals surface area contributed by atoms with Gasteiger partial charge in [-0.25, -0.2) is 19.9 Å². The molecule has 5 rings (SSSR count). The average Bonchev–Trinajstić information content (AvgIpc) is 3.08. The summed E-state index contributed by atoms with van der Waals surface area (Å²) in [5.41, 5.74) is 12.1. The normalized spacial score (nSPS) is 14.7. The fourth-order valence-corrected chi connectivity index (χ4v) is 5.33. The second-order valence-corrected chi connectivity index (χ2v) is 10.9. The first kappa shape index (κ1) is 24.4. The summed E-state index contributed by atoms with van der Waals surface area (Å²) in [5, 5.41) is 0.532. The smallest absolute Gasteiger partial charge is 0.182 e. The van der Waals surface area contributed by atoms with Crippen LogP contribution < -0.4 is 15.4 Å². The van der Waals surface area contributed by atoms with Crippen LogP contribution in [0.15, 0.2) is 30.5 Å². The highest BCUT2D eigenvalue weighted by atomic mass is 32.1. The molecule has 0 saturated heterocycles. The van der Waals surface area contributed by atoms with Crippen molar-refractivity contribution in [3.8, 4) is 16.9 Å². The van der Waals surface area contributed by atoms with Crippen molar-refractivity contribution in [3.63, 3.8) is 0 Å². The summed E-state index contributed by atoms with van der Waals surface area (Å²) in [5.74, 6) is 3.07. The summed E-state index contributed by atoms with van der Waals surface area (Å²) in [4.78, 5) is 24.3. The molecule has 0 aliphatic carbocycles. The van der Waals surface area contributed by atoms with E-state index >= 15 is 0 Å². The van der Waals surface area contributed by atoms with Crippen LogP contribution in [0.1, 0.15) is 55.4 Å². The summed E-state index contributed by atoms with van der Waals surface area (Å²) in [6.45, 7) is 10.7. The van der Waals surface area contributed by atoms with E-state index in [2.05, 4.69) is 79.8 Å². The molecule has 0 bridgehead atoms. The first-order valence-corrected chi connectivity index (χ1v) is 13.1. The van der Waals surface area contributed by atoms with Crippen LogP contribution in [0, 0.1) is 6.92 Å². The molecule has 188 valence electrons. The zero-order valence-electron chi connectivity index (χ0n) is 21.7. The highest BCUT2D eigenvalue weighted by Gasteiger charge is 2.25. The number of benzene rings is 1. The molecule has 0 fully saturated rings. The Bertz CT molecular complexity index is 1420. The van der Waals surface area contributed by atoms with Crippen LogP contribution in [0.3, 0.4) is 0 Å². The number of hydrogen-bond donors (Lipinski definition) is 1. The second kappa shape index (κ2) is 9.63. The van der Waals surface area contributed by atoms with Crippen molar-refractivity contribution in [2.45, 2.75) is 46.2 Å². The topological polar surface area (TPSA) is 93.3 Å².